The van der Waals surface area contributed by atoms with E-state index in [1.165, 1.54) is 14.9 Å². The minimum atomic E-state index is 0.305. The molecule has 0 aliphatic carbocycles. The molecule has 1 aliphatic heterocycles. The van der Waals surface area contributed by atoms with Crippen molar-refractivity contribution in [1.82, 2.24) is 5.32 Å². The summed E-state index contributed by atoms with van der Waals surface area (Å²) in [6.07, 6.45) is 4.18. The molecular weight excluding hydrogens is 286 g/mol. The topological polar surface area (TPSA) is 21.3 Å². The van der Waals surface area contributed by atoms with Gasteiger partial charge in [-0.05, 0) is 52.3 Å². The zero-order valence-electron chi connectivity index (χ0n) is 9.33. The van der Waals surface area contributed by atoms with Gasteiger partial charge in [-0.3, -0.25) is 0 Å². The van der Waals surface area contributed by atoms with Crippen LogP contribution in [0.25, 0.3) is 0 Å². The molecule has 2 heterocycles. The first-order chi connectivity index (χ1) is 7.83. The second-order valence-corrected chi connectivity index (χ2v) is 5.59. The molecule has 0 amide bonds. The largest absolute Gasteiger partial charge is 0.501 e. The van der Waals surface area contributed by atoms with E-state index < -0.39 is 0 Å². The third-order valence-electron chi connectivity index (χ3n) is 2.65. The van der Waals surface area contributed by atoms with Gasteiger partial charge in [-0.15, -0.1) is 11.3 Å². The molecule has 0 fully saturated rings. The predicted molar refractivity (Wildman–Crippen MR) is 71.7 cm³/mol. The van der Waals surface area contributed by atoms with Crippen molar-refractivity contribution in [3.05, 3.63) is 32.6 Å². The van der Waals surface area contributed by atoms with Crippen molar-refractivity contribution in [2.45, 2.75) is 25.8 Å². The summed E-state index contributed by atoms with van der Waals surface area (Å²) in [4.78, 5) is 1.35. The minimum Gasteiger partial charge on any atom is -0.501 e. The summed E-state index contributed by atoms with van der Waals surface area (Å²) in [5.74, 6) is 0. The number of hydrogen-bond acceptors (Lipinski definition) is 3. The molecule has 2 nitrogen and oxygen atoms in total. The average molecular weight is 302 g/mol. The Hall–Kier alpha value is -0.320. The Morgan fingerprint density at radius 3 is 3.06 bits per heavy atom. The molecule has 88 valence electrons. The van der Waals surface area contributed by atoms with Gasteiger partial charge >= 0.3 is 0 Å². The summed E-state index contributed by atoms with van der Waals surface area (Å²) in [5.41, 5.74) is 1.36. The van der Waals surface area contributed by atoms with E-state index in [9.17, 15) is 0 Å². The second-order valence-electron chi connectivity index (χ2n) is 3.79. The van der Waals surface area contributed by atoms with Crippen LogP contribution in [0.5, 0.6) is 0 Å². The monoisotopic (exact) mass is 301 g/mol. The smallest absolute Gasteiger partial charge is 0.0876 e. The second kappa shape index (κ2) is 5.84. The van der Waals surface area contributed by atoms with Crippen LogP contribution in [-0.4, -0.2) is 13.2 Å². The number of hydrogen-bond donors (Lipinski definition) is 1. The standard InChI is InChI=1S/C12H16BrNOS/c1-2-14-11(9-4-3-6-15-8-9)12-10(13)5-7-16-12/h5,7-8,11,14H,2-4,6H2,1H3. The number of halogens is 1. The Morgan fingerprint density at radius 1 is 1.62 bits per heavy atom. The lowest BCUT2D eigenvalue weighted by atomic mass is 10.0. The van der Waals surface area contributed by atoms with Crippen molar-refractivity contribution in [3.8, 4) is 0 Å². The lowest BCUT2D eigenvalue weighted by molar-refractivity contribution is 0.219. The molecular formula is C12H16BrNOS. The molecule has 0 saturated heterocycles. The molecule has 0 bridgehead atoms. The van der Waals surface area contributed by atoms with Crippen molar-refractivity contribution in [1.29, 1.82) is 0 Å². The lowest BCUT2D eigenvalue weighted by Gasteiger charge is -2.23. The maximum Gasteiger partial charge on any atom is 0.0876 e. The van der Waals surface area contributed by atoms with Crippen molar-refractivity contribution in [2.75, 3.05) is 13.2 Å². The van der Waals surface area contributed by atoms with Crippen LogP contribution < -0.4 is 5.32 Å². The average Bonchev–Trinajstić information content (AvgIpc) is 2.73. The maximum absolute atomic E-state index is 5.43. The van der Waals surface area contributed by atoms with Gasteiger partial charge in [0.1, 0.15) is 0 Å². The minimum absolute atomic E-state index is 0.305. The van der Waals surface area contributed by atoms with E-state index in [1.807, 2.05) is 6.26 Å². The molecule has 2 rings (SSSR count). The summed E-state index contributed by atoms with van der Waals surface area (Å²) in [5, 5.41) is 5.65. The van der Waals surface area contributed by atoms with Gasteiger partial charge in [-0.2, -0.15) is 0 Å². The Bertz CT molecular complexity index is 375. The summed E-state index contributed by atoms with van der Waals surface area (Å²) >= 11 is 5.39. The Kier molecular flexibility index (Phi) is 4.44. The highest BCUT2D eigenvalue weighted by atomic mass is 79.9. The maximum atomic E-state index is 5.43. The summed E-state index contributed by atoms with van der Waals surface area (Å²) in [7, 11) is 0. The molecule has 1 aromatic rings. The van der Waals surface area contributed by atoms with Crippen LogP contribution in [0.4, 0.5) is 0 Å². The number of nitrogens with one attached hydrogen (secondary N) is 1. The lowest BCUT2D eigenvalue weighted by Crippen LogP contribution is -2.23. The molecule has 4 heteroatoms. The molecule has 1 atom stereocenters. The van der Waals surface area contributed by atoms with Gasteiger partial charge in [-0.1, -0.05) is 6.92 Å². The highest BCUT2D eigenvalue weighted by Gasteiger charge is 2.21. The zero-order valence-corrected chi connectivity index (χ0v) is 11.7. The molecule has 1 unspecified atom stereocenters. The molecule has 1 aromatic heterocycles. The fraction of sp³-hybridized carbons (Fsp3) is 0.500. The third kappa shape index (κ3) is 2.67. The fourth-order valence-electron chi connectivity index (χ4n) is 1.90. The van der Waals surface area contributed by atoms with Gasteiger partial charge in [-0.25, -0.2) is 0 Å². The van der Waals surface area contributed by atoms with Crippen LogP contribution >= 0.6 is 27.3 Å². The number of likely N-dealkylation sites (N-methyl/N-ethyl adjacent to an activating group) is 1. The molecule has 16 heavy (non-hydrogen) atoms. The first-order valence-electron chi connectivity index (χ1n) is 5.59. The van der Waals surface area contributed by atoms with Crippen LogP contribution in [-0.2, 0) is 4.74 Å². The highest BCUT2D eigenvalue weighted by molar-refractivity contribution is 9.10. The molecule has 1 aliphatic rings. The fourth-order valence-corrected chi connectivity index (χ4v) is 3.62. The summed E-state index contributed by atoms with van der Waals surface area (Å²) < 4.78 is 6.62. The van der Waals surface area contributed by atoms with Crippen molar-refractivity contribution < 1.29 is 4.74 Å². The first-order valence-corrected chi connectivity index (χ1v) is 7.27. The van der Waals surface area contributed by atoms with Crippen molar-refractivity contribution in [2.24, 2.45) is 0 Å². The van der Waals surface area contributed by atoms with E-state index in [1.54, 1.807) is 11.3 Å². The van der Waals surface area contributed by atoms with E-state index in [0.717, 1.165) is 26.0 Å². The van der Waals surface area contributed by atoms with Crippen LogP contribution in [0.1, 0.15) is 30.7 Å². The van der Waals surface area contributed by atoms with E-state index >= 15 is 0 Å². The summed E-state index contributed by atoms with van der Waals surface area (Å²) in [6.45, 7) is 3.96. The predicted octanol–water partition coefficient (Wildman–Crippen LogP) is 3.86. The Morgan fingerprint density at radius 2 is 2.50 bits per heavy atom. The number of rotatable bonds is 4. The summed E-state index contributed by atoms with van der Waals surface area (Å²) in [6, 6.07) is 2.41. The van der Waals surface area contributed by atoms with Gasteiger partial charge < -0.3 is 10.1 Å². The molecule has 0 saturated carbocycles. The quantitative estimate of drug-likeness (QED) is 0.912. The van der Waals surface area contributed by atoms with Crippen LogP contribution in [0, 0.1) is 0 Å². The van der Waals surface area contributed by atoms with E-state index in [4.69, 9.17) is 4.74 Å². The van der Waals surface area contributed by atoms with Crippen LogP contribution in [0.3, 0.4) is 0 Å². The van der Waals surface area contributed by atoms with Crippen molar-refractivity contribution >= 4 is 27.3 Å². The van der Waals surface area contributed by atoms with E-state index in [2.05, 4.69) is 39.6 Å². The van der Waals surface area contributed by atoms with Gasteiger partial charge in [0.2, 0.25) is 0 Å². The van der Waals surface area contributed by atoms with Crippen LogP contribution in [0.2, 0.25) is 0 Å². The molecule has 1 N–H and O–H groups in total. The van der Waals surface area contributed by atoms with E-state index in [-0.39, 0.29) is 0 Å². The van der Waals surface area contributed by atoms with Gasteiger partial charge in [0, 0.05) is 9.35 Å². The highest BCUT2D eigenvalue weighted by Crippen LogP contribution is 2.35. The molecule has 0 radical (unpaired) electrons. The Labute approximate surface area is 109 Å². The Balaban J connectivity index is 2.23. The first kappa shape index (κ1) is 12.1. The SMILES string of the molecule is CCNC(C1=COCCC1)c1sccc1Br. The van der Waals surface area contributed by atoms with Crippen molar-refractivity contribution in [3.63, 3.8) is 0 Å². The van der Waals surface area contributed by atoms with E-state index in [0.29, 0.717) is 6.04 Å². The van der Waals surface area contributed by atoms with Gasteiger partial charge in [0.15, 0.2) is 0 Å². The number of thiophene rings is 1. The van der Waals surface area contributed by atoms with Gasteiger partial charge in [0.05, 0.1) is 18.9 Å². The third-order valence-corrected chi connectivity index (χ3v) is 4.58. The number of ether oxygens (including phenoxy) is 1. The van der Waals surface area contributed by atoms with Crippen LogP contribution in [0.15, 0.2) is 27.8 Å². The van der Waals surface area contributed by atoms with Gasteiger partial charge in [0.25, 0.3) is 0 Å². The molecule has 0 spiro atoms. The normalized spacial score (nSPS) is 17.8. The zero-order chi connectivity index (χ0) is 11.4. The molecule has 0 aromatic carbocycles.